The van der Waals surface area contributed by atoms with E-state index in [0.29, 0.717) is 11.7 Å². The number of anilines is 1. The molecule has 2 aromatic rings. The van der Waals surface area contributed by atoms with Crippen molar-refractivity contribution < 1.29 is 9.63 Å². The van der Waals surface area contributed by atoms with E-state index in [9.17, 15) is 0 Å². The zero-order valence-corrected chi connectivity index (χ0v) is 12.1. The van der Waals surface area contributed by atoms with Crippen LogP contribution in [-0.4, -0.2) is 33.4 Å². The first-order valence-electron chi connectivity index (χ1n) is 6.62. The number of hydrogen-bond acceptors (Lipinski definition) is 6. The first kappa shape index (κ1) is 14.5. The van der Waals surface area contributed by atoms with E-state index in [2.05, 4.69) is 34.3 Å². The summed E-state index contributed by atoms with van der Waals surface area (Å²) in [6.07, 6.45) is 2.44. The number of aromatic nitrogens is 3. The van der Waals surface area contributed by atoms with Gasteiger partial charge in [-0.05, 0) is 30.9 Å². The molecule has 0 saturated heterocycles. The van der Waals surface area contributed by atoms with Gasteiger partial charge in [-0.1, -0.05) is 19.0 Å². The van der Waals surface area contributed by atoms with Crippen LogP contribution in [0.1, 0.15) is 26.1 Å². The average Bonchev–Trinajstić information content (AvgIpc) is 2.84. The maximum atomic E-state index is 9.02. The Bertz CT molecular complexity index is 566. The highest BCUT2D eigenvalue weighted by Crippen LogP contribution is 2.22. The molecule has 0 aliphatic heterocycles. The number of rotatable bonds is 6. The quantitative estimate of drug-likeness (QED) is 0.842. The molecule has 6 nitrogen and oxygen atoms in total. The molecule has 2 N–H and O–H groups in total. The van der Waals surface area contributed by atoms with Crippen molar-refractivity contribution in [2.45, 2.75) is 27.2 Å². The van der Waals surface area contributed by atoms with E-state index in [4.69, 9.17) is 9.63 Å². The van der Waals surface area contributed by atoms with Crippen LogP contribution in [0, 0.1) is 12.3 Å². The fourth-order valence-electron chi connectivity index (χ4n) is 1.80. The van der Waals surface area contributed by atoms with Crippen molar-refractivity contribution in [1.29, 1.82) is 0 Å². The van der Waals surface area contributed by atoms with Gasteiger partial charge in [0.05, 0.1) is 0 Å². The lowest BCUT2D eigenvalue weighted by Crippen LogP contribution is -2.24. The summed E-state index contributed by atoms with van der Waals surface area (Å²) < 4.78 is 5.14. The van der Waals surface area contributed by atoms with Crippen molar-refractivity contribution in [3.63, 3.8) is 0 Å². The second-order valence-corrected chi connectivity index (χ2v) is 5.57. The van der Waals surface area contributed by atoms with Crippen molar-refractivity contribution in [2.24, 2.45) is 5.41 Å². The van der Waals surface area contributed by atoms with Gasteiger partial charge in [0.25, 0.3) is 5.89 Å². The Morgan fingerprint density at radius 1 is 1.40 bits per heavy atom. The van der Waals surface area contributed by atoms with Gasteiger partial charge in [-0.15, -0.1) is 0 Å². The first-order valence-corrected chi connectivity index (χ1v) is 6.62. The fourth-order valence-corrected chi connectivity index (χ4v) is 1.80. The Morgan fingerprint density at radius 2 is 2.20 bits per heavy atom. The van der Waals surface area contributed by atoms with Crippen molar-refractivity contribution in [3.05, 3.63) is 24.2 Å². The largest absolute Gasteiger partial charge is 0.396 e. The predicted molar refractivity (Wildman–Crippen MR) is 76.2 cm³/mol. The molecule has 0 bridgehead atoms. The summed E-state index contributed by atoms with van der Waals surface area (Å²) in [6.45, 7) is 6.89. The number of nitrogens with one attached hydrogen (secondary N) is 1. The van der Waals surface area contributed by atoms with Crippen molar-refractivity contribution >= 4 is 5.82 Å². The maximum Gasteiger partial charge on any atom is 0.258 e. The van der Waals surface area contributed by atoms with Crippen LogP contribution in [0.15, 0.2) is 22.9 Å². The Morgan fingerprint density at radius 3 is 2.85 bits per heavy atom. The van der Waals surface area contributed by atoms with Crippen LogP contribution in [0.5, 0.6) is 0 Å². The molecule has 0 fully saturated rings. The monoisotopic (exact) mass is 276 g/mol. The summed E-state index contributed by atoms with van der Waals surface area (Å²) in [5.74, 6) is 1.85. The van der Waals surface area contributed by atoms with Gasteiger partial charge in [0.1, 0.15) is 5.82 Å². The van der Waals surface area contributed by atoms with Crippen molar-refractivity contribution in [1.82, 2.24) is 15.1 Å². The molecular formula is C14H20N4O2. The molecule has 0 atom stereocenters. The molecule has 6 heteroatoms. The summed E-state index contributed by atoms with van der Waals surface area (Å²) in [7, 11) is 0. The molecule has 0 aliphatic carbocycles. The van der Waals surface area contributed by atoms with Gasteiger partial charge in [-0.3, -0.25) is 0 Å². The van der Waals surface area contributed by atoms with Gasteiger partial charge < -0.3 is 14.9 Å². The van der Waals surface area contributed by atoms with Crippen LogP contribution in [-0.2, 0) is 0 Å². The molecular weight excluding hydrogens is 256 g/mol. The van der Waals surface area contributed by atoms with E-state index in [1.165, 1.54) is 0 Å². The molecule has 2 rings (SSSR count). The summed E-state index contributed by atoms with van der Waals surface area (Å²) in [5, 5.41) is 16.1. The molecule has 0 radical (unpaired) electrons. The number of pyridine rings is 1. The number of nitrogens with zero attached hydrogens (tertiary/aromatic N) is 3. The molecule has 108 valence electrons. The molecule has 0 aromatic carbocycles. The molecule has 2 aromatic heterocycles. The van der Waals surface area contributed by atoms with E-state index >= 15 is 0 Å². The molecule has 20 heavy (non-hydrogen) atoms. The summed E-state index contributed by atoms with van der Waals surface area (Å²) in [5.41, 5.74) is 0.844. The van der Waals surface area contributed by atoms with Crippen LogP contribution in [0.25, 0.3) is 11.5 Å². The number of aryl methyl sites for hydroxylation is 1. The highest BCUT2D eigenvalue weighted by molar-refractivity contribution is 5.57. The third-order valence-corrected chi connectivity index (χ3v) is 3.07. The van der Waals surface area contributed by atoms with Gasteiger partial charge in [0, 0.05) is 24.9 Å². The minimum absolute atomic E-state index is 0.00745. The highest BCUT2D eigenvalue weighted by Gasteiger charge is 2.17. The first-order chi connectivity index (χ1) is 9.50. The van der Waals surface area contributed by atoms with Crippen molar-refractivity contribution in [3.8, 4) is 11.5 Å². The summed E-state index contributed by atoms with van der Waals surface area (Å²) >= 11 is 0. The topological polar surface area (TPSA) is 84.1 Å². The van der Waals surface area contributed by atoms with E-state index < -0.39 is 0 Å². The highest BCUT2D eigenvalue weighted by atomic mass is 16.5. The summed E-state index contributed by atoms with van der Waals surface area (Å²) in [6, 6.07) is 3.71. The van der Waals surface area contributed by atoms with Gasteiger partial charge in [0.2, 0.25) is 0 Å². The Balaban J connectivity index is 2.07. The Labute approximate surface area is 118 Å². The van der Waals surface area contributed by atoms with Crippen LogP contribution in [0.3, 0.4) is 0 Å². The molecule has 0 aliphatic rings. The maximum absolute atomic E-state index is 9.02. The summed E-state index contributed by atoms with van der Waals surface area (Å²) in [4.78, 5) is 8.47. The van der Waals surface area contributed by atoms with Gasteiger partial charge in [0.15, 0.2) is 5.82 Å². The zero-order chi connectivity index (χ0) is 14.6. The van der Waals surface area contributed by atoms with E-state index in [1.807, 2.05) is 12.1 Å². The van der Waals surface area contributed by atoms with Crippen LogP contribution in [0.4, 0.5) is 5.82 Å². The Hall–Kier alpha value is -1.95. The third kappa shape index (κ3) is 3.77. The lowest BCUT2D eigenvalue weighted by Gasteiger charge is -2.24. The van der Waals surface area contributed by atoms with Gasteiger partial charge in [-0.25, -0.2) is 4.98 Å². The molecule has 0 amide bonds. The molecule has 0 unspecified atom stereocenters. The van der Waals surface area contributed by atoms with Crippen molar-refractivity contribution in [2.75, 3.05) is 18.5 Å². The van der Waals surface area contributed by atoms with E-state index in [0.717, 1.165) is 24.3 Å². The standard InChI is InChI=1S/C14H20N4O2/c1-10-17-13(20-18-10)11-4-6-15-12(8-11)16-9-14(2,3)5-7-19/h4,6,8,19H,5,7,9H2,1-3H3,(H,15,16). The number of hydrogen-bond donors (Lipinski definition) is 2. The van der Waals surface area contributed by atoms with Gasteiger partial charge in [-0.2, -0.15) is 4.98 Å². The SMILES string of the molecule is Cc1noc(-c2ccnc(NCC(C)(C)CCO)c2)n1. The second kappa shape index (κ2) is 6.00. The fraction of sp³-hybridized carbons (Fsp3) is 0.500. The van der Waals surface area contributed by atoms with Crippen LogP contribution in [0.2, 0.25) is 0 Å². The smallest absolute Gasteiger partial charge is 0.258 e. The Kier molecular flexibility index (Phi) is 4.34. The average molecular weight is 276 g/mol. The number of aliphatic hydroxyl groups is 1. The second-order valence-electron chi connectivity index (χ2n) is 5.57. The van der Waals surface area contributed by atoms with Crippen LogP contribution < -0.4 is 5.32 Å². The molecule has 2 heterocycles. The van der Waals surface area contributed by atoms with Crippen LogP contribution >= 0.6 is 0 Å². The van der Waals surface area contributed by atoms with Gasteiger partial charge >= 0.3 is 0 Å². The predicted octanol–water partition coefficient (Wildman–Crippen LogP) is 2.26. The number of aliphatic hydroxyl groups excluding tert-OH is 1. The third-order valence-electron chi connectivity index (χ3n) is 3.07. The lowest BCUT2D eigenvalue weighted by molar-refractivity contribution is 0.220. The minimum Gasteiger partial charge on any atom is -0.396 e. The van der Waals surface area contributed by atoms with E-state index in [1.54, 1.807) is 13.1 Å². The zero-order valence-electron chi connectivity index (χ0n) is 12.1. The normalized spacial score (nSPS) is 11.6. The lowest BCUT2D eigenvalue weighted by atomic mass is 9.90. The molecule has 0 spiro atoms. The van der Waals surface area contributed by atoms with E-state index in [-0.39, 0.29) is 12.0 Å². The minimum atomic E-state index is 0.00745. The molecule has 0 saturated carbocycles.